The van der Waals surface area contributed by atoms with Crippen LogP contribution in [0.3, 0.4) is 0 Å². The van der Waals surface area contributed by atoms with Crippen LogP contribution in [-0.4, -0.2) is 129 Å². The van der Waals surface area contributed by atoms with Crippen LogP contribution in [-0.2, 0) is 37.9 Å². The highest BCUT2D eigenvalue weighted by Gasteiger charge is 2.05. The highest BCUT2D eigenvalue weighted by Crippen LogP contribution is 2.06. The fourth-order valence-electron chi connectivity index (χ4n) is 2.43. The van der Waals surface area contributed by atoms with Gasteiger partial charge in [-0.1, -0.05) is 13.8 Å². The van der Waals surface area contributed by atoms with Crippen molar-refractivity contribution < 1.29 is 48.1 Å². The second kappa shape index (κ2) is 27.8. The monoisotopic (exact) mass is 484 g/mol. The summed E-state index contributed by atoms with van der Waals surface area (Å²) in [5.74, 6) is 0.597. The van der Waals surface area contributed by atoms with Crippen LogP contribution in [0.1, 0.15) is 26.7 Å². The van der Waals surface area contributed by atoms with Gasteiger partial charge in [0, 0.05) is 0 Å². The maximum Gasteiger partial charge on any atom is 0.0773 e. The number of ether oxygens (including phenoxy) is 8. The molecule has 0 fully saturated rings. The molecule has 1 atom stereocenters. The summed E-state index contributed by atoms with van der Waals surface area (Å²) in [6, 6.07) is 0. The summed E-state index contributed by atoms with van der Waals surface area (Å²) in [6.07, 6.45) is 1.39. The molecule has 0 saturated heterocycles. The van der Waals surface area contributed by atoms with Gasteiger partial charge >= 0.3 is 0 Å². The summed E-state index contributed by atoms with van der Waals surface area (Å²) < 4.78 is 42.8. The van der Waals surface area contributed by atoms with Gasteiger partial charge in [0.1, 0.15) is 0 Å². The Bertz CT molecular complexity index is 360. The maximum absolute atomic E-state index is 9.75. The minimum absolute atomic E-state index is 0.0287. The molecule has 0 saturated carbocycles. The van der Waals surface area contributed by atoms with E-state index in [1.54, 1.807) is 0 Å². The average molecular weight is 485 g/mol. The van der Waals surface area contributed by atoms with E-state index in [9.17, 15) is 5.11 Å². The van der Waals surface area contributed by atoms with Crippen LogP contribution >= 0.6 is 0 Å². The molecular weight excluding hydrogens is 436 g/mol. The molecule has 0 aliphatic carbocycles. The van der Waals surface area contributed by atoms with Crippen LogP contribution in [0.2, 0.25) is 0 Å². The lowest BCUT2D eigenvalue weighted by atomic mass is 10.1. The molecule has 0 bridgehead atoms. The summed E-state index contributed by atoms with van der Waals surface area (Å²) in [5, 5.41) is 18.3. The van der Waals surface area contributed by atoms with Crippen molar-refractivity contribution in [1.82, 2.24) is 0 Å². The van der Waals surface area contributed by atoms with Crippen molar-refractivity contribution in [3.05, 3.63) is 0 Å². The average Bonchev–Trinajstić information content (AvgIpc) is 2.80. The number of rotatable bonds is 28. The first kappa shape index (κ1) is 32.6. The third kappa shape index (κ3) is 29.6. The molecule has 33 heavy (non-hydrogen) atoms. The summed E-state index contributed by atoms with van der Waals surface area (Å²) in [4.78, 5) is 0. The van der Waals surface area contributed by atoms with Crippen molar-refractivity contribution in [2.45, 2.75) is 32.8 Å². The van der Waals surface area contributed by atoms with Crippen LogP contribution in [0.5, 0.6) is 0 Å². The van der Waals surface area contributed by atoms with Crippen molar-refractivity contribution in [3.63, 3.8) is 0 Å². The van der Waals surface area contributed by atoms with Gasteiger partial charge in [-0.2, -0.15) is 0 Å². The van der Waals surface area contributed by atoms with Crippen LogP contribution in [0, 0.1) is 5.92 Å². The summed E-state index contributed by atoms with van der Waals surface area (Å²) in [7, 11) is 0. The lowest BCUT2D eigenvalue weighted by Crippen LogP contribution is -2.18. The lowest BCUT2D eigenvalue weighted by molar-refractivity contribution is -0.0279. The number of hydrogen-bond donors (Lipinski definition) is 2. The van der Waals surface area contributed by atoms with Gasteiger partial charge in [0.2, 0.25) is 0 Å². The van der Waals surface area contributed by atoms with Gasteiger partial charge in [0.25, 0.3) is 0 Å². The Labute approximate surface area is 199 Å². The summed E-state index contributed by atoms with van der Waals surface area (Å²) in [6.45, 7) is 12.0. The molecule has 0 aromatic carbocycles. The highest BCUT2D eigenvalue weighted by atomic mass is 16.6. The first-order valence-corrected chi connectivity index (χ1v) is 12.1. The van der Waals surface area contributed by atoms with E-state index in [-0.39, 0.29) is 6.61 Å². The molecule has 0 aromatic rings. The Morgan fingerprint density at radius 1 is 0.455 bits per heavy atom. The molecule has 200 valence electrons. The second-order valence-corrected chi connectivity index (χ2v) is 7.71. The van der Waals surface area contributed by atoms with E-state index >= 15 is 0 Å². The van der Waals surface area contributed by atoms with Crippen molar-refractivity contribution >= 4 is 0 Å². The topological polar surface area (TPSA) is 114 Å². The Morgan fingerprint density at radius 3 is 1.06 bits per heavy atom. The zero-order valence-electron chi connectivity index (χ0n) is 20.8. The number of aliphatic hydroxyl groups excluding tert-OH is 2. The maximum atomic E-state index is 9.75. The molecule has 10 nitrogen and oxygen atoms in total. The second-order valence-electron chi connectivity index (χ2n) is 7.71. The number of aliphatic hydroxyl groups is 2. The molecule has 0 aliphatic rings. The van der Waals surface area contributed by atoms with E-state index in [1.165, 1.54) is 0 Å². The molecule has 2 N–H and O–H groups in total. The van der Waals surface area contributed by atoms with Crippen molar-refractivity contribution in [3.8, 4) is 0 Å². The van der Waals surface area contributed by atoms with Crippen LogP contribution in [0.15, 0.2) is 0 Å². The van der Waals surface area contributed by atoms with Crippen molar-refractivity contribution in [1.29, 1.82) is 0 Å². The first-order valence-electron chi connectivity index (χ1n) is 12.1. The highest BCUT2D eigenvalue weighted by molar-refractivity contribution is 4.56. The minimum atomic E-state index is -0.394. The molecule has 0 aromatic heterocycles. The molecule has 0 amide bonds. The predicted molar refractivity (Wildman–Crippen MR) is 124 cm³/mol. The fourth-order valence-corrected chi connectivity index (χ4v) is 2.43. The van der Waals surface area contributed by atoms with Crippen molar-refractivity contribution in [2.24, 2.45) is 5.92 Å². The zero-order chi connectivity index (χ0) is 24.2. The van der Waals surface area contributed by atoms with E-state index < -0.39 is 6.10 Å². The summed E-state index contributed by atoms with van der Waals surface area (Å²) in [5.41, 5.74) is 0. The summed E-state index contributed by atoms with van der Waals surface area (Å²) >= 11 is 0. The van der Waals surface area contributed by atoms with Crippen molar-refractivity contribution in [2.75, 3.05) is 112 Å². The van der Waals surface area contributed by atoms with Gasteiger partial charge < -0.3 is 48.1 Å². The van der Waals surface area contributed by atoms with Gasteiger partial charge in [-0.15, -0.1) is 0 Å². The quantitative estimate of drug-likeness (QED) is 0.155. The SMILES string of the molecule is CC(C)CCC(O)COCCOCCOCCOCCOCCOCCOCCOCCO. The predicted octanol–water partition coefficient (Wildman–Crippen LogP) is 0.909. The fraction of sp³-hybridized carbons (Fsp3) is 1.00. The molecule has 0 radical (unpaired) electrons. The normalized spacial score (nSPS) is 12.6. The van der Waals surface area contributed by atoms with Gasteiger partial charge in [-0.05, 0) is 18.8 Å². The standard InChI is InChI=1S/C23H48O10/c1-22(2)3-4-23(25)21-33-20-19-32-18-17-31-16-15-30-14-13-29-12-11-28-10-9-27-8-7-26-6-5-24/h22-25H,3-21H2,1-2H3. The molecule has 1 unspecified atom stereocenters. The van der Waals surface area contributed by atoms with E-state index in [2.05, 4.69) is 13.8 Å². The van der Waals surface area contributed by atoms with E-state index in [4.69, 9.17) is 43.0 Å². The Kier molecular flexibility index (Phi) is 27.5. The van der Waals surface area contributed by atoms with Crippen LogP contribution in [0.4, 0.5) is 0 Å². The van der Waals surface area contributed by atoms with E-state index in [1.807, 2.05) is 0 Å². The van der Waals surface area contributed by atoms with Gasteiger partial charge in [0.05, 0.1) is 118 Å². The largest absolute Gasteiger partial charge is 0.394 e. The Morgan fingerprint density at radius 2 is 0.758 bits per heavy atom. The molecule has 0 aliphatic heterocycles. The molecule has 0 rings (SSSR count). The van der Waals surface area contributed by atoms with E-state index in [0.717, 1.165) is 12.8 Å². The van der Waals surface area contributed by atoms with Gasteiger partial charge in [-0.3, -0.25) is 0 Å². The van der Waals surface area contributed by atoms with Gasteiger partial charge in [0.15, 0.2) is 0 Å². The minimum Gasteiger partial charge on any atom is -0.394 e. The zero-order valence-corrected chi connectivity index (χ0v) is 20.8. The first-order chi connectivity index (χ1) is 16.2. The molecular formula is C23H48O10. The third-order valence-corrected chi connectivity index (χ3v) is 4.23. The van der Waals surface area contributed by atoms with Crippen LogP contribution < -0.4 is 0 Å². The molecule has 0 heterocycles. The number of hydrogen-bond acceptors (Lipinski definition) is 10. The van der Waals surface area contributed by atoms with Crippen LogP contribution in [0.25, 0.3) is 0 Å². The van der Waals surface area contributed by atoms with E-state index in [0.29, 0.717) is 112 Å². The third-order valence-electron chi connectivity index (χ3n) is 4.23. The smallest absolute Gasteiger partial charge is 0.0773 e. The van der Waals surface area contributed by atoms with Gasteiger partial charge in [-0.25, -0.2) is 0 Å². The lowest BCUT2D eigenvalue weighted by Gasteiger charge is -2.12. The molecule has 0 spiro atoms. The Balaban J connectivity index is 3.06. The Hall–Kier alpha value is -0.400. The molecule has 10 heteroatoms.